The summed E-state index contributed by atoms with van der Waals surface area (Å²) in [6.45, 7) is 17.1. The molecule has 10 aromatic rings. The van der Waals surface area contributed by atoms with Crippen LogP contribution < -0.4 is 15.8 Å². The van der Waals surface area contributed by atoms with Crippen molar-refractivity contribution < 1.29 is 0 Å². The van der Waals surface area contributed by atoms with Crippen molar-refractivity contribution in [1.82, 2.24) is 4.48 Å². The molecule has 3 aliphatic rings. The number of thiophene rings is 1. The molecule has 2 aromatic heterocycles. The predicted molar refractivity (Wildman–Crippen MR) is 276 cm³/mol. The average molecular weight is 841 g/mol. The summed E-state index contributed by atoms with van der Waals surface area (Å²) in [5.41, 5.74) is 26.6. The van der Waals surface area contributed by atoms with Gasteiger partial charge in [0.25, 0.3) is 0 Å². The van der Waals surface area contributed by atoms with E-state index in [4.69, 9.17) is 0 Å². The number of hydrogen-bond donors (Lipinski definition) is 0. The van der Waals surface area contributed by atoms with E-state index in [9.17, 15) is 0 Å². The molecule has 0 radical (unpaired) electrons. The lowest BCUT2D eigenvalue weighted by molar-refractivity contribution is 0.590. The second-order valence-corrected chi connectivity index (χ2v) is 21.2. The molecule has 0 unspecified atom stereocenters. The summed E-state index contributed by atoms with van der Waals surface area (Å²) in [6.07, 6.45) is 0. The maximum absolute atomic E-state index is 2.77. The van der Waals surface area contributed by atoms with Crippen LogP contribution in [0.4, 0.5) is 11.4 Å². The van der Waals surface area contributed by atoms with Crippen LogP contribution in [-0.4, -0.2) is 11.3 Å². The summed E-state index contributed by atoms with van der Waals surface area (Å²) in [4.78, 5) is 2.72. The van der Waals surface area contributed by atoms with Gasteiger partial charge in [-0.15, -0.1) is 11.3 Å². The van der Waals surface area contributed by atoms with Crippen molar-refractivity contribution in [3.8, 4) is 44.5 Å². The highest BCUT2D eigenvalue weighted by Gasteiger charge is 2.46. The minimum Gasteiger partial charge on any atom is -0.374 e. The van der Waals surface area contributed by atoms with Crippen LogP contribution in [0.2, 0.25) is 0 Å². The summed E-state index contributed by atoms with van der Waals surface area (Å²) in [5, 5.41) is 2.69. The van der Waals surface area contributed by atoms with Gasteiger partial charge in [-0.3, -0.25) is 0 Å². The van der Waals surface area contributed by atoms with Gasteiger partial charge in [0.15, 0.2) is 0 Å². The number of hydrogen-bond acceptors (Lipinski definition) is 2. The molecule has 0 spiro atoms. The van der Waals surface area contributed by atoms with Crippen molar-refractivity contribution in [1.29, 1.82) is 0 Å². The summed E-state index contributed by atoms with van der Waals surface area (Å²) in [6, 6.07) is 60.7. The van der Waals surface area contributed by atoms with Crippen molar-refractivity contribution in [3.05, 3.63) is 191 Å². The Morgan fingerprint density at radius 1 is 0.562 bits per heavy atom. The molecule has 0 saturated carbocycles. The van der Waals surface area contributed by atoms with Crippen LogP contribution in [-0.2, 0) is 17.4 Å². The van der Waals surface area contributed by atoms with Crippen LogP contribution in [0.5, 0.6) is 0 Å². The summed E-state index contributed by atoms with van der Waals surface area (Å²) in [5.74, 6) is 0. The molecular weight excluding hydrogens is 792 g/mol. The topological polar surface area (TPSA) is 8.17 Å². The zero-order valence-electron chi connectivity index (χ0n) is 37.6. The highest BCUT2D eigenvalue weighted by atomic mass is 32.1. The van der Waals surface area contributed by atoms with E-state index in [0.717, 1.165) is 6.54 Å². The molecule has 13 rings (SSSR count). The first kappa shape index (κ1) is 37.9. The van der Waals surface area contributed by atoms with Gasteiger partial charge in [0.2, 0.25) is 0 Å². The molecule has 308 valence electrons. The van der Waals surface area contributed by atoms with Crippen LogP contribution in [0.1, 0.15) is 68.0 Å². The molecule has 1 aliphatic carbocycles. The number of fused-ring (bicyclic) bond motifs is 12. The third kappa shape index (κ3) is 5.15. The van der Waals surface area contributed by atoms with Gasteiger partial charge in [-0.1, -0.05) is 168 Å². The Bertz CT molecular complexity index is 3610. The van der Waals surface area contributed by atoms with Gasteiger partial charge in [0.1, 0.15) is 0 Å². The Kier molecular flexibility index (Phi) is 7.83. The number of para-hydroxylation sites is 1. The second kappa shape index (κ2) is 13.2. The van der Waals surface area contributed by atoms with E-state index in [1.807, 2.05) is 11.3 Å². The van der Waals surface area contributed by atoms with Crippen molar-refractivity contribution in [2.24, 2.45) is 0 Å². The maximum Gasteiger partial charge on any atom is 0.333 e. The SMILES string of the molecule is Cc1cccc(C)c1-c1cc2c3c(c1)N(Cc1ccc(C(C)(C)C)cc1-c1ccccc1)c1cc4c(cc1B3n1c3c-2cccc3c2sc3ccccc3c21)-c1ccccc1C4(C)C. The van der Waals surface area contributed by atoms with Crippen LogP contribution in [0, 0.1) is 13.8 Å². The van der Waals surface area contributed by atoms with E-state index in [1.54, 1.807) is 0 Å². The fourth-order valence-corrected chi connectivity index (χ4v) is 13.2. The highest BCUT2D eigenvalue weighted by molar-refractivity contribution is 7.27. The Hall–Kier alpha value is -6.62. The number of benzene rings is 8. The van der Waals surface area contributed by atoms with Gasteiger partial charge in [0.05, 0.1) is 10.2 Å². The largest absolute Gasteiger partial charge is 0.374 e. The molecule has 8 aromatic carbocycles. The fourth-order valence-electron chi connectivity index (χ4n) is 12.0. The lowest BCUT2D eigenvalue weighted by Crippen LogP contribution is -2.57. The molecule has 0 fully saturated rings. The van der Waals surface area contributed by atoms with Gasteiger partial charge in [-0.25, -0.2) is 0 Å². The van der Waals surface area contributed by atoms with Crippen LogP contribution >= 0.6 is 11.3 Å². The minimum atomic E-state index is -0.154. The third-order valence-corrected chi connectivity index (χ3v) is 16.3. The molecule has 4 heteroatoms. The molecule has 0 bridgehead atoms. The molecule has 0 amide bonds. The van der Waals surface area contributed by atoms with E-state index in [2.05, 4.69) is 216 Å². The summed E-state index contributed by atoms with van der Waals surface area (Å²) in [7, 11) is 0. The van der Waals surface area contributed by atoms with Crippen molar-refractivity contribution in [3.63, 3.8) is 0 Å². The maximum atomic E-state index is 2.77. The molecule has 4 heterocycles. The lowest BCUT2D eigenvalue weighted by atomic mass is 9.44. The zero-order valence-corrected chi connectivity index (χ0v) is 38.4. The average Bonchev–Trinajstić information content (AvgIpc) is 3.90. The number of aromatic nitrogens is 1. The van der Waals surface area contributed by atoms with Crippen molar-refractivity contribution in [2.45, 2.75) is 65.8 Å². The lowest BCUT2D eigenvalue weighted by Gasteiger charge is -2.42. The van der Waals surface area contributed by atoms with Crippen LogP contribution in [0.3, 0.4) is 0 Å². The third-order valence-electron chi connectivity index (χ3n) is 15.1. The minimum absolute atomic E-state index is 0.0135. The standard InChI is InChI=1S/C60H49BN2S/c1-35-17-15-18-36(2)54(35)39-29-47-42-23-16-24-44-56(42)63(57-43-22-12-14-26-53(43)64-58(44)57)61-50-32-46-41-21-11-13-25-48(41)60(6,7)49(46)33-51(50)62(52(30-39)55(47)61)34-38-27-28-40(59(3,4)5)31-45(38)37-19-9-8-10-20-37/h8-33H,34H2,1-7H3. The Morgan fingerprint density at radius 3 is 2.09 bits per heavy atom. The normalized spacial score (nSPS) is 14.3. The Labute approximate surface area is 380 Å². The monoisotopic (exact) mass is 840 g/mol. The molecule has 0 saturated heterocycles. The second-order valence-electron chi connectivity index (χ2n) is 20.2. The summed E-state index contributed by atoms with van der Waals surface area (Å²) < 4.78 is 5.49. The van der Waals surface area contributed by atoms with E-state index in [-0.39, 0.29) is 17.7 Å². The molecular formula is C60H49BN2S. The number of rotatable bonds is 4. The predicted octanol–water partition coefficient (Wildman–Crippen LogP) is 14.8. The van der Waals surface area contributed by atoms with E-state index >= 15 is 0 Å². The first-order valence-electron chi connectivity index (χ1n) is 22.9. The number of nitrogens with zero attached hydrogens (tertiary/aromatic N) is 2. The van der Waals surface area contributed by atoms with E-state index < -0.39 is 0 Å². The van der Waals surface area contributed by atoms with Gasteiger partial charge in [-0.05, 0) is 127 Å². The Balaban J connectivity index is 1.18. The van der Waals surface area contributed by atoms with E-state index in [1.165, 1.54) is 131 Å². The molecule has 2 aliphatic heterocycles. The van der Waals surface area contributed by atoms with Crippen molar-refractivity contribution >= 4 is 71.7 Å². The molecule has 2 nitrogen and oxygen atoms in total. The first-order valence-corrected chi connectivity index (χ1v) is 23.7. The fraction of sp³-hybridized carbons (Fsp3) is 0.167. The van der Waals surface area contributed by atoms with Gasteiger partial charge >= 0.3 is 6.85 Å². The zero-order chi connectivity index (χ0) is 43.4. The number of anilines is 2. The smallest absolute Gasteiger partial charge is 0.333 e. The first-order chi connectivity index (χ1) is 31.0. The highest BCUT2D eigenvalue weighted by Crippen LogP contribution is 2.53. The quantitative estimate of drug-likeness (QED) is 0.160. The summed E-state index contributed by atoms with van der Waals surface area (Å²) >= 11 is 1.95. The van der Waals surface area contributed by atoms with Crippen LogP contribution in [0.15, 0.2) is 158 Å². The van der Waals surface area contributed by atoms with Gasteiger partial charge < -0.3 is 9.38 Å². The number of aryl methyl sites for hydroxylation is 2. The van der Waals surface area contributed by atoms with E-state index in [0.29, 0.717) is 0 Å². The molecule has 64 heavy (non-hydrogen) atoms. The Morgan fingerprint density at radius 2 is 1.28 bits per heavy atom. The van der Waals surface area contributed by atoms with Gasteiger partial charge in [0, 0.05) is 49.9 Å². The van der Waals surface area contributed by atoms with Gasteiger partial charge in [-0.2, -0.15) is 0 Å². The van der Waals surface area contributed by atoms with Crippen molar-refractivity contribution in [2.75, 3.05) is 4.90 Å². The molecule has 0 atom stereocenters. The van der Waals surface area contributed by atoms with Crippen LogP contribution in [0.25, 0.3) is 75.7 Å². The molecule has 0 N–H and O–H groups in total.